The summed E-state index contributed by atoms with van der Waals surface area (Å²) < 4.78 is 0. The lowest BCUT2D eigenvalue weighted by Gasteiger charge is -2.24. The van der Waals surface area contributed by atoms with Crippen LogP contribution in [0.2, 0.25) is 0 Å². The van der Waals surface area contributed by atoms with Gasteiger partial charge in [0.1, 0.15) is 0 Å². The Kier molecular flexibility index (Phi) is 4.00. The summed E-state index contributed by atoms with van der Waals surface area (Å²) in [5, 5.41) is 0. The van der Waals surface area contributed by atoms with Crippen molar-refractivity contribution >= 4 is 17.5 Å². The number of pyridine rings is 1. The lowest BCUT2D eigenvalue weighted by Crippen LogP contribution is -2.37. The van der Waals surface area contributed by atoms with E-state index in [0.29, 0.717) is 18.5 Å². The van der Waals surface area contributed by atoms with Crippen LogP contribution in [0.3, 0.4) is 0 Å². The third kappa shape index (κ3) is 3.19. The van der Waals surface area contributed by atoms with Crippen LogP contribution in [0, 0.1) is 5.92 Å². The van der Waals surface area contributed by atoms with Gasteiger partial charge in [0.25, 0.3) is 0 Å². The minimum Gasteiger partial charge on any atom is -0.334 e. The second-order valence-electron chi connectivity index (χ2n) is 4.57. The largest absolute Gasteiger partial charge is 0.334 e. The van der Waals surface area contributed by atoms with Crippen LogP contribution in [0.15, 0.2) is 24.4 Å². The molecule has 17 heavy (non-hydrogen) atoms. The van der Waals surface area contributed by atoms with Gasteiger partial charge in [-0.2, -0.15) is 0 Å². The highest BCUT2D eigenvalue weighted by atomic mass is 35.5. The lowest BCUT2D eigenvalue weighted by molar-refractivity contribution is -0.135. The molecule has 2 rings (SSSR count). The molecule has 92 valence electrons. The van der Waals surface area contributed by atoms with Crippen LogP contribution < -0.4 is 0 Å². The minimum absolute atomic E-state index is 0.110. The fourth-order valence-corrected chi connectivity index (χ4v) is 1.92. The highest BCUT2D eigenvalue weighted by Gasteiger charge is 2.34. The maximum Gasteiger partial charge on any atom is 0.227 e. The summed E-state index contributed by atoms with van der Waals surface area (Å²) in [6.07, 6.45) is 3.97. The molecule has 4 heteroatoms. The Morgan fingerprint density at radius 2 is 2.35 bits per heavy atom. The molecule has 0 saturated heterocycles. The normalized spacial score (nSPS) is 16.6. The molecule has 1 amide bonds. The molecule has 1 heterocycles. The molecule has 1 aliphatic carbocycles. The summed E-state index contributed by atoms with van der Waals surface area (Å²) in [6, 6.07) is 6.18. The number of amides is 1. The van der Waals surface area contributed by atoms with Gasteiger partial charge in [-0.05, 0) is 25.0 Å². The van der Waals surface area contributed by atoms with E-state index in [0.717, 1.165) is 18.5 Å². The van der Waals surface area contributed by atoms with Gasteiger partial charge in [-0.1, -0.05) is 13.0 Å². The van der Waals surface area contributed by atoms with E-state index in [1.807, 2.05) is 30.0 Å². The Labute approximate surface area is 107 Å². The molecule has 1 aromatic rings. The number of hydrogen-bond donors (Lipinski definition) is 0. The van der Waals surface area contributed by atoms with Crippen molar-refractivity contribution in [1.82, 2.24) is 9.88 Å². The van der Waals surface area contributed by atoms with E-state index in [1.165, 1.54) is 0 Å². The van der Waals surface area contributed by atoms with Gasteiger partial charge in [-0.3, -0.25) is 9.78 Å². The monoisotopic (exact) mass is 252 g/mol. The summed E-state index contributed by atoms with van der Waals surface area (Å²) in [5.41, 5.74) is 0.939. The first-order valence-electron chi connectivity index (χ1n) is 5.98. The second-order valence-corrected chi connectivity index (χ2v) is 4.88. The van der Waals surface area contributed by atoms with Gasteiger partial charge in [0, 0.05) is 24.0 Å². The highest BCUT2D eigenvalue weighted by Crippen LogP contribution is 2.29. The molecule has 0 radical (unpaired) electrons. The van der Waals surface area contributed by atoms with Crippen LogP contribution in [-0.4, -0.2) is 27.7 Å². The van der Waals surface area contributed by atoms with E-state index in [-0.39, 0.29) is 11.8 Å². The third-order valence-corrected chi connectivity index (χ3v) is 3.45. The zero-order valence-corrected chi connectivity index (χ0v) is 10.7. The van der Waals surface area contributed by atoms with Crippen molar-refractivity contribution in [2.45, 2.75) is 32.4 Å². The first-order valence-corrected chi connectivity index (χ1v) is 6.52. The average molecular weight is 253 g/mol. The molecule has 1 aliphatic rings. The van der Waals surface area contributed by atoms with Crippen molar-refractivity contribution in [1.29, 1.82) is 0 Å². The van der Waals surface area contributed by atoms with Gasteiger partial charge in [-0.15, -0.1) is 11.6 Å². The van der Waals surface area contributed by atoms with Crippen molar-refractivity contribution in [2.24, 2.45) is 5.92 Å². The van der Waals surface area contributed by atoms with E-state index in [4.69, 9.17) is 11.6 Å². The molecular formula is C13H17ClN2O. The van der Waals surface area contributed by atoms with E-state index < -0.39 is 0 Å². The van der Waals surface area contributed by atoms with E-state index >= 15 is 0 Å². The number of halogens is 1. The van der Waals surface area contributed by atoms with Crippen LogP contribution in [0.4, 0.5) is 0 Å². The third-order valence-electron chi connectivity index (χ3n) is 2.98. The first kappa shape index (κ1) is 12.4. The topological polar surface area (TPSA) is 33.2 Å². The van der Waals surface area contributed by atoms with Crippen LogP contribution in [0.25, 0.3) is 0 Å². The molecule has 0 bridgehead atoms. The zero-order valence-electron chi connectivity index (χ0n) is 9.97. The maximum atomic E-state index is 12.2. The van der Waals surface area contributed by atoms with Crippen LogP contribution in [0.5, 0.6) is 0 Å². The van der Waals surface area contributed by atoms with Crippen LogP contribution >= 0.6 is 11.6 Å². The highest BCUT2D eigenvalue weighted by molar-refractivity contribution is 6.19. The molecule has 1 aromatic heterocycles. The molecule has 0 aromatic carbocycles. The lowest BCUT2D eigenvalue weighted by atomic mass is 10.1. The van der Waals surface area contributed by atoms with Crippen molar-refractivity contribution < 1.29 is 4.79 Å². The number of nitrogens with zero attached hydrogens (tertiary/aromatic N) is 2. The van der Waals surface area contributed by atoms with Gasteiger partial charge in [0.05, 0.1) is 12.2 Å². The Morgan fingerprint density at radius 1 is 1.59 bits per heavy atom. The number of aromatic nitrogens is 1. The number of hydrogen-bond acceptors (Lipinski definition) is 2. The van der Waals surface area contributed by atoms with Gasteiger partial charge in [-0.25, -0.2) is 0 Å². The Balaban J connectivity index is 2.05. The molecule has 0 spiro atoms. The Morgan fingerprint density at radius 3 is 2.88 bits per heavy atom. The molecule has 1 saturated carbocycles. The predicted octanol–water partition coefficient (Wildman–Crippen LogP) is 2.45. The number of alkyl halides is 1. The molecule has 0 N–H and O–H groups in total. The zero-order chi connectivity index (χ0) is 12.3. The van der Waals surface area contributed by atoms with Crippen LogP contribution in [0.1, 0.15) is 25.5 Å². The van der Waals surface area contributed by atoms with Gasteiger partial charge >= 0.3 is 0 Å². The SMILES string of the molecule is CC(CCl)C(=O)N(Cc1ccccn1)C1CC1. The van der Waals surface area contributed by atoms with Crippen molar-refractivity contribution in [3.05, 3.63) is 30.1 Å². The van der Waals surface area contributed by atoms with Crippen molar-refractivity contribution in [3.63, 3.8) is 0 Å². The molecule has 0 aliphatic heterocycles. The van der Waals surface area contributed by atoms with Gasteiger partial charge < -0.3 is 4.90 Å². The van der Waals surface area contributed by atoms with Gasteiger partial charge in [0.2, 0.25) is 5.91 Å². The second kappa shape index (κ2) is 5.50. The Hall–Kier alpha value is -1.09. The summed E-state index contributed by atoms with van der Waals surface area (Å²) in [4.78, 5) is 18.4. The molecule has 1 unspecified atom stereocenters. The molecular weight excluding hydrogens is 236 g/mol. The van der Waals surface area contributed by atoms with Gasteiger partial charge in [0.15, 0.2) is 0 Å². The summed E-state index contributed by atoms with van der Waals surface area (Å²) in [5.74, 6) is 0.415. The maximum absolute atomic E-state index is 12.2. The minimum atomic E-state index is -0.110. The van der Waals surface area contributed by atoms with E-state index in [1.54, 1.807) is 6.20 Å². The van der Waals surface area contributed by atoms with Crippen molar-refractivity contribution in [2.75, 3.05) is 5.88 Å². The summed E-state index contributed by atoms with van der Waals surface area (Å²) in [7, 11) is 0. The smallest absolute Gasteiger partial charge is 0.227 e. The fourth-order valence-electron chi connectivity index (χ4n) is 1.79. The number of carbonyl (C=O) groups is 1. The van der Waals surface area contributed by atoms with Crippen molar-refractivity contribution in [3.8, 4) is 0 Å². The molecule has 3 nitrogen and oxygen atoms in total. The standard InChI is InChI=1S/C13H17ClN2O/c1-10(8-14)13(17)16(12-5-6-12)9-11-4-2-3-7-15-11/h2-4,7,10,12H,5-6,8-9H2,1H3. The number of carbonyl (C=O) groups excluding carboxylic acids is 1. The Bertz CT molecular complexity index is 378. The molecule has 1 atom stereocenters. The average Bonchev–Trinajstić information content (AvgIpc) is 3.19. The predicted molar refractivity (Wildman–Crippen MR) is 67.7 cm³/mol. The fraction of sp³-hybridized carbons (Fsp3) is 0.538. The quantitative estimate of drug-likeness (QED) is 0.755. The van der Waals surface area contributed by atoms with E-state index in [9.17, 15) is 4.79 Å². The summed E-state index contributed by atoms with van der Waals surface area (Å²) in [6.45, 7) is 2.48. The van der Waals surface area contributed by atoms with E-state index in [2.05, 4.69) is 4.98 Å². The molecule has 1 fully saturated rings. The number of rotatable bonds is 5. The summed E-state index contributed by atoms with van der Waals surface area (Å²) >= 11 is 5.76. The first-order chi connectivity index (χ1) is 8.22. The van der Waals surface area contributed by atoms with Crippen LogP contribution in [-0.2, 0) is 11.3 Å².